The molecule has 0 atom stereocenters. The maximum absolute atomic E-state index is 2.33. The summed E-state index contributed by atoms with van der Waals surface area (Å²) >= 11 is 0. The van der Waals surface area contributed by atoms with Crippen molar-refractivity contribution in [3.8, 4) is 11.1 Å². The quantitative estimate of drug-likeness (QED) is 0.298. The summed E-state index contributed by atoms with van der Waals surface area (Å²) in [6.45, 7) is 0. The first-order chi connectivity index (χ1) is 11.9. The van der Waals surface area contributed by atoms with Crippen LogP contribution in [0.2, 0.25) is 0 Å². The van der Waals surface area contributed by atoms with Gasteiger partial charge >= 0.3 is 0 Å². The van der Waals surface area contributed by atoms with Crippen molar-refractivity contribution in [2.24, 2.45) is 0 Å². The summed E-state index contributed by atoms with van der Waals surface area (Å²) in [5.41, 5.74) is 2.60. The lowest BCUT2D eigenvalue weighted by Gasteiger charge is -2.13. The SMILES string of the molecule is c1ccc(-c2c3ccccc3cc3cc4ccccc4cc23)cc1. The molecule has 5 aromatic carbocycles. The molecule has 0 radical (unpaired) electrons. The molecule has 112 valence electrons. The van der Waals surface area contributed by atoms with E-state index in [1.165, 1.54) is 43.4 Å². The third kappa shape index (κ3) is 2.00. The van der Waals surface area contributed by atoms with Gasteiger partial charge in [0.1, 0.15) is 0 Å². The van der Waals surface area contributed by atoms with E-state index >= 15 is 0 Å². The zero-order valence-corrected chi connectivity index (χ0v) is 13.2. The summed E-state index contributed by atoms with van der Waals surface area (Å²) in [5, 5.41) is 7.80. The van der Waals surface area contributed by atoms with Crippen molar-refractivity contribution in [1.29, 1.82) is 0 Å². The lowest BCUT2D eigenvalue weighted by molar-refractivity contribution is 1.68. The highest BCUT2D eigenvalue weighted by Gasteiger charge is 2.10. The molecule has 0 saturated heterocycles. The normalized spacial score (nSPS) is 11.3. The molecule has 0 nitrogen and oxygen atoms in total. The molecule has 0 bridgehead atoms. The molecule has 0 aliphatic heterocycles. The molecule has 0 aromatic heterocycles. The Balaban J connectivity index is 2.02. The second-order valence-corrected chi connectivity index (χ2v) is 6.26. The van der Waals surface area contributed by atoms with Crippen LogP contribution in [0.4, 0.5) is 0 Å². The maximum Gasteiger partial charge on any atom is -0.00266 e. The van der Waals surface area contributed by atoms with Gasteiger partial charge in [-0.2, -0.15) is 0 Å². The van der Waals surface area contributed by atoms with Gasteiger partial charge in [-0.1, -0.05) is 78.9 Å². The molecule has 5 rings (SSSR count). The van der Waals surface area contributed by atoms with E-state index in [4.69, 9.17) is 0 Å². The van der Waals surface area contributed by atoms with E-state index in [0.717, 1.165) is 0 Å². The fourth-order valence-electron chi connectivity index (χ4n) is 3.67. The molecule has 0 heterocycles. The highest BCUT2D eigenvalue weighted by atomic mass is 14.1. The summed E-state index contributed by atoms with van der Waals surface area (Å²) in [6, 6.07) is 34.9. The number of rotatable bonds is 1. The number of benzene rings is 5. The van der Waals surface area contributed by atoms with Gasteiger partial charge in [0.05, 0.1) is 0 Å². The monoisotopic (exact) mass is 304 g/mol. The molecule has 0 saturated carbocycles. The Morgan fingerprint density at radius 2 is 0.958 bits per heavy atom. The lowest BCUT2D eigenvalue weighted by Crippen LogP contribution is -1.86. The minimum absolute atomic E-state index is 1.27. The molecule has 0 heteroatoms. The predicted octanol–water partition coefficient (Wildman–Crippen LogP) is 6.81. The molecule has 0 fully saturated rings. The topological polar surface area (TPSA) is 0 Å². The van der Waals surface area contributed by atoms with Crippen LogP contribution >= 0.6 is 0 Å². The molecule has 0 spiro atoms. The summed E-state index contributed by atoms with van der Waals surface area (Å²) < 4.78 is 0. The highest BCUT2D eigenvalue weighted by Crippen LogP contribution is 2.37. The third-order valence-electron chi connectivity index (χ3n) is 4.79. The van der Waals surface area contributed by atoms with Crippen molar-refractivity contribution in [1.82, 2.24) is 0 Å². The van der Waals surface area contributed by atoms with Crippen molar-refractivity contribution < 1.29 is 0 Å². The molecule has 0 aliphatic rings. The first-order valence-corrected chi connectivity index (χ1v) is 8.30. The Hall–Kier alpha value is -3.12. The van der Waals surface area contributed by atoms with Crippen molar-refractivity contribution in [2.45, 2.75) is 0 Å². The molecular weight excluding hydrogens is 288 g/mol. The second-order valence-electron chi connectivity index (χ2n) is 6.26. The molecule has 0 aliphatic carbocycles. The van der Waals surface area contributed by atoms with E-state index in [1.807, 2.05) is 0 Å². The van der Waals surface area contributed by atoms with Gasteiger partial charge in [0, 0.05) is 0 Å². The van der Waals surface area contributed by atoms with Crippen LogP contribution < -0.4 is 0 Å². The van der Waals surface area contributed by atoms with Crippen LogP contribution in [-0.4, -0.2) is 0 Å². The van der Waals surface area contributed by atoms with Gasteiger partial charge in [0.25, 0.3) is 0 Å². The number of hydrogen-bond donors (Lipinski definition) is 0. The van der Waals surface area contributed by atoms with E-state index < -0.39 is 0 Å². The average molecular weight is 304 g/mol. The minimum Gasteiger partial charge on any atom is -0.0622 e. The van der Waals surface area contributed by atoms with Crippen LogP contribution in [0.1, 0.15) is 0 Å². The molecular formula is C24H16. The summed E-state index contributed by atoms with van der Waals surface area (Å²) in [4.78, 5) is 0. The first-order valence-electron chi connectivity index (χ1n) is 8.30. The van der Waals surface area contributed by atoms with Gasteiger partial charge in [0.2, 0.25) is 0 Å². The largest absolute Gasteiger partial charge is 0.0622 e. The Morgan fingerprint density at radius 3 is 1.75 bits per heavy atom. The van der Waals surface area contributed by atoms with Crippen LogP contribution in [0, 0.1) is 0 Å². The zero-order chi connectivity index (χ0) is 15.9. The Morgan fingerprint density at radius 1 is 0.375 bits per heavy atom. The molecule has 24 heavy (non-hydrogen) atoms. The van der Waals surface area contributed by atoms with Crippen LogP contribution in [0.25, 0.3) is 43.4 Å². The van der Waals surface area contributed by atoms with E-state index in [1.54, 1.807) is 0 Å². The lowest BCUT2D eigenvalue weighted by atomic mass is 9.90. The predicted molar refractivity (Wildman–Crippen MR) is 104 cm³/mol. The van der Waals surface area contributed by atoms with Crippen molar-refractivity contribution in [3.63, 3.8) is 0 Å². The van der Waals surface area contributed by atoms with E-state index in [0.29, 0.717) is 0 Å². The van der Waals surface area contributed by atoms with Gasteiger partial charge in [-0.15, -0.1) is 0 Å². The fraction of sp³-hybridized carbons (Fsp3) is 0. The molecule has 5 aromatic rings. The van der Waals surface area contributed by atoms with Gasteiger partial charge in [-0.05, 0) is 61.6 Å². The van der Waals surface area contributed by atoms with Crippen molar-refractivity contribution in [2.75, 3.05) is 0 Å². The van der Waals surface area contributed by atoms with Gasteiger partial charge in [-0.3, -0.25) is 0 Å². The maximum atomic E-state index is 2.33. The summed E-state index contributed by atoms with van der Waals surface area (Å²) in [7, 11) is 0. The highest BCUT2D eigenvalue weighted by molar-refractivity contribution is 6.15. The van der Waals surface area contributed by atoms with Crippen LogP contribution in [0.15, 0.2) is 97.1 Å². The second kappa shape index (κ2) is 5.21. The summed E-state index contributed by atoms with van der Waals surface area (Å²) in [5.74, 6) is 0. The van der Waals surface area contributed by atoms with Crippen molar-refractivity contribution in [3.05, 3.63) is 97.1 Å². The van der Waals surface area contributed by atoms with Gasteiger partial charge in [-0.25, -0.2) is 0 Å². The Labute approximate surface area is 141 Å². The van der Waals surface area contributed by atoms with E-state index in [-0.39, 0.29) is 0 Å². The zero-order valence-electron chi connectivity index (χ0n) is 13.2. The van der Waals surface area contributed by atoms with E-state index in [9.17, 15) is 0 Å². The number of fused-ring (bicyclic) bond motifs is 3. The molecule has 0 amide bonds. The fourth-order valence-corrected chi connectivity index (χ4v) is 3.67. The van der Waals surface area contributed by atoms with E-state index in [2.05, 4.69) is 97.1 Å². The molecule has 0 N–H and O–H groups in total. The smallest absolute Gasteiger partial charge is 0.00266 e. The summed E-state index contributed by atoms with van der Waals surface area (Å²) in [6.07, 6.45) is 0. The number of hydrogen-bond acceptors (Lipinski definition) is 0. The van der Waals surface area contributed by atoms with Gasteiger partial charge < -0.3 is 0 Å². The average Bonchev–Trinajstić information content (AvgIpc) is 2.65. The first kappa shape index (κ1) is 13.3. The molecule has 0 unspecified atom stereocenters. The minimum atomic E-state index is 1.27. The van der Waals surface area contributed by atoms with Crippen LogP contribution in [0.5, 0.6) is 0 Å². The van der Waals surface area contributed by atoms with Crippen LogP contribution in [-0.2, 0) is 0 Å². The Bertz CT molecular complexity index is 1180. The Kier molecular flexibility index (Phi) is 2.89. The van der Waals surface area contributed by atoms with Crippen molar-refractivity contribution >= 4 is 32.3 Å². The van der Waals surface area contributed by atoms with Crippen LogP contribution in [0.3, 0.4) is 0 Å². The van der Waals surface area contributed by atoms with Gasteiger partial charge in [0.15, 0.2) is 0 Å². The third-order valence-corrected chi connectivity index (χ3v) is 4.79. The standard InChI is InChI=1S/C24H16/c1-2-8-17(9-3-1)24-22-13-7-6-12-20(22)15-21-14-18-10-4-5-11-19(18)16-23(21)24/h1-16H.